The summed E-state index contributed by atoms with van der Waals surface area (Å²) in [4.78, 5) is 17.1. The molecule has 0 aliphatic rings. The minimum Gasteiger partial charge on any atom is -0.328 e. The predicted molar refractivity (Wildman–Crippen MR) is 91.9 cm³/mol. The standard InChI is InChI=1S/C17H13BrN2OS/c18-15-10-9-14(22-15)17(21)19-16-8-4-5-11-20(16)12-13-6-2-1-3-7-13/h1-11H,12H2. The molecule has 2 heterocycles. The fourth-order valence-electron chi connectivity index (χ4n) is 2.07. The van der Waals surface area contributed by atoms with Gasteiger partial charge in [-0.1, -0.05) is 36.4 Å². The van der Waals surface area contributed by atoms with Crippen LogP contribution in [-0.2, 0) is 6.54 Å². The predicted octanol–water partition coefficient (Wildman–Crippen LogP) is 4.10. The molecule has 0 N–H and O–H groups in total. The fraction of sp³-hybridized carbons (Fsp3) is 0.0588. The van der Waals surface area contributed by atoms with Gasteiger partial charge in [0.05, 0.1) is 8.66 Å². The first kappa shape index (κ1) is 14.9. The van der Waals surface area contributed by atoms with E-state index in [-0.39, 0.29) is 5.91 Å². The summed E-state index contributed by atoms with van der Waals surface area (Å²) in [6.07, 6.45) is 1.93. The largest absolute Gasteiger partial charge is 0.328 e. The van der Waals surface area contributed by atoms with E-state index in [4.69, 9.17) is 0 Å². The molecule has 0 saturated heterocycles. The number of thiophene rings is 1. The lowest BCUT2D eigenvalue weighted by molar-refractivity contribution is 0.100. The first-order chi connectivity index (χ1) is 10.7. The maximum absolute atomic E-state index is 12.2. The Bertz CT molecular complexity index is 852. The van der Waals surface area contributed by atoms with E-state index in [0.29, 0.717) is 16.9 Å². The van der Waals surface area contributed by atoms with Gasteiger partial charge in [0, 0.05) is 12.7 Å². The van der Waals surface area contributed by atoms with Gasteiger partial charge in [-0.2, -0.15) is 4.99 Å². The molecule has 0 aliphatic carbocycles. The van der Waals surface area contributed by atoms with Gasteiger partial charge in [-0.05, 0) is 45.8 Å². The molecule has 2 aromatic heterocycles. The van der Waals surface area contributed by atoms with Crippen LogP contribution in [0.3, 0.4) is 0 Å². The maximum atomic E-state index is 12.2. The number of hydrogen-bond acceptors (Lipinski definition) is 2. The number of pyridine rings is 1. The van der Waals surface area contributed by atoms with Crippen LogP contribution in [0.2, 0.25) is 0 Å². The van der Waals surface area contributed by atoms with Gasteiger partial charge in [-0.25, -0.2) is 0 Å². The van der Waals surface area contributed by atoms with E-state index in [1.807, 2.05) is 53.2 Å². The number of rotatable bonds is 3. The molecule has 0 radical (unpaired) electrons. The Morgan fingerprint density at radius 3 is 2.55 bits per heavy atom. The molecule has 3 rings (SSSR count). The molecule has 1 aromatic carbocycles. The zero-order valence-electron chi connectivity index (χ0n) is 11.6. The first-order valence-electron chi connectivity index (χ1n) is 6.76. The minimum absolute atomic E-state index is 0.219. The SMILES string of the molecule is O=C(N=c1ccccn1Cc1ccccc1)c1ccc(Br)s1. The normalized spacial score (nSPS) is 11.6. The van der Waals surface area contributed by atoms with Crippen molar-refractivity contribution < 1.29 is 4.79 Å². The van der Waals surface area contributed by atoms with Crippen LogP contribution >= 0.6 is 27.3 Å². The average molecular weight is 373 g/mol. The van der Waals surface area contributed by atoms with Gasteiger partial charge in [0.1, 0.15) is 5.49 Å². The molecule has 110 valence electrons. The van der Waals surface area contributed by atoms with E-state index in [1.54, 1.807) is 6.07 Å². The Morgan fingerprint density at radius 1 is 1.05 bits per heavy atom. The summed E-state index contributed by atoms with van der Waals surface area (Å²) < 4.78 is 2.90. The molecule has 0 spiro atoms. The van der Waals surface area contributed by atoms with Crippen molar-refractivity contribution in [2.24, 2.45) is 4.99 Å². The van der Waals surface area contributed by atoms with E-state index in [0.717, 1.165) is 3.79 Å². The number of aromatic nitrogens is 1. The highest BCUT2D eigenvalue weighted by molar-refractivity contribution is 9.11. The zero-order valence-corrected chi connectivity index (χ0v) is 14.0. The third kappa shape index (κ3) is 3.61. The van der Waals surface area contributed by atoms with Gasteiger partial charge in [0.25, 0.3) is 5.91 Å². The number of carbonyl (C=O) groups is 1. The Balaban J connectivity index is 1.94. The van der Waals surface area contributed by atoms with Crippen molar-refractivity contribution >= 4 is 33.2 Å². The number of halogens is 1. The van der Waals surface area contributed by atoms with Crippen molar-refractivity contribution in [1.29, 1.82) is 0 Å². The molecule has 1 amide bonds. The summed E-state index contributed by atoms with van der Waals surface area (Å²) >= 11 is 4.75. The van der Waals surface area contributed by atoms with Crippen LogP contribution in [0.25, 0.3) is 0 Å². The third-order valence-corrected chi connectivity index (χ3v) is 4.72. The van der Waals surface area contributed by atoms with Gasteiger partial charge < -0.3 is 4.57 Å². The van der Waals surface area contributed by atoms with E-state index >= 15 is 0 Å². The van der Waals surface area contributed by atoms with Crippen LogP contribution in [0.15, 0.2) is 75.6 Å². The van der Waals surface area contributed by atoms with E-state index in [9.17, 15) is 4.79 Å². The highest BCUT2D eigenvalue weighted by Crippen LogP contribution is 2.22. The summed E-state index contributed by atoms with van der Waals surface area (Å²) in [5.41, 5.74) is 1.82. The number of carbonyl (C=O) groups excluding carboxylic acids is 1. The van der Waals surface area contributed by atoms with Crippen LogP contribution in [0.5, 0.6) is 0 Å². The lowest BCUT2D eigenvalue weighted by atomic mass is 10.2. The first-order valence-corrected chi connectivity index (χ1v) is 8.37. The summed E-state index contributed by atoms with van der Waals surface area (Å²) in [5, 5.41) is 0. The van der Waals surface area contributed by atoms with Gasteiger partial charge in [-0.3, -0.25) is 4.79 Å². The second kappa shape index (κ2) is 6.85. The molecule has 0 saturated carbocycles. The van der Waals surface area contributed by atoms with Crippen LogP contribution in [0.1, 0.15) is 15.2 Å². The van der Waals surface area contributed by atoms with Gasteiger partial charge in [0.15, 0.2) is 0 Å². The molecule has 0 unspecified atom stereocenters. The van der Waals surface area contributed by atoms with Crippen LogP contribution in [0.4, 0.5) is 0 Å². The van der Waals surface area contributed by atoms with Crippen molar-refractivity contribution in [3.63, 3.8) is 0 Å². The molecule has 3 nitrogen and oxygen atoms in total. The molecular formula is C17H13BrN2OS. The van der Waals surface area contributed by atoms with Gasteiger partial charge in [0.2, 0.25) is 0 Å². The van der Waals surface area contributed by atoms with Crippen LogP contribution < -0.4 is 5.49 Å². The highest BCUT2D eigenvalue weighted by Gasteiger charge is 2.07. The quantitative estimate of drug-likeness (QED) is 0.681. The average Bonchev–Trinajstić information content (AvgIpc) is 2.97. The number of hydrogen-bond donors (Lipinski definition) is 0. The van der Waals surface area contributed by atoms with Gasteiger partial charge >= 0.3 is 0 Å². The fourth-order valence-corrected chi connectivity index (χ4v) is 3.34. The monoisotopic (exact) mass is 372 g/mol. The molecular weight excluding hydrogens is 360 g/mol. The number of nitrogens with zero attached hydrogens (tertiary/aromatic N) is 2. The molecule has 22 heavy (non-hydrogen) atoms. The van der Waals surface area contributed by atoms with E-state index in [1.165, 1.54) is 16.9 Å². The van der Waals surface area contributed by atoms with Gasteiger partial charge in [-0.15, -0.1) is 11.3 Å². The van der Waals surface area contributed by atoms with Crippen molar-refractivity contribution in [3.8, 4) is 0 Å². The number of amides is 1. The molecule has 0 fully saturated rings. The Hall–Kier alpha value is -1.98. The lowest BCUT2D eigenvalue weighted by Crippen LogP contribution is -2.21. The lowest BCUT2D eigenvalue weighted by Gasteiger charge is -2.07. The summed E-state index contributed by atoms with van der Waals surface area (Å²) in [7, 11) is 0. The highest BCUT2D eigenvalue weighted by atomic mass is 79.9. The third-order valence-electron chi connectivity index (χ3n) is 3.11. The minimum atomic E-state index is -0.219. The summed E-state index contributed by atoms with van der Waals surface area (Å²) in [6, 6.07) is 19.4. The summed E-state index contributed by atoms with van der Waals surface area (Å²) in [5.74, 6) is -0.219. The van der Waals surface area contributed by atoms with Crippen LogP contribution in [0, 0.1) is 0 Å². The Morgan fingerprint density at radius 2 is 1.82 bits per heavy atom. The van der Waals surface area contributed by atoms with Crippen molar-refractivity contribution in [2.75, 3.05) is 0 Å². The van der Waals surface area contributed by atoms with E-state index in [2.05, 4.69) is 33.1 Å². The molecule has 0 bridgehead atoms. The second-order valence-corrected chi connectivity index (χ2v) is 7.16. The topological polar surface area (TPSA) is 34.4 Å². The van der Waals surface area contributed by atoms with Crippen molar-refractivity contribution in [2.45, 2.75) is 6.54 Å². The molecule has 0 atom stereocenters. The maximum Gasteiger partial charge on any atom is 0.289 e. The Labute approximate surface area is 140 Å². The Kier molecular flexibility index (Phi) is 4.65. The van der Waals surface area contributed by atoms with Crippen LogP contribution in [-0.4, -0.2) is 10.5 Å². The number of benzene rings is 1. The van der Waals surface area contributed by atoms with E-state index < -0.39 is 0 Å². The second-order valence-electron chi connectivity index (χ2n) is 4.69. The smallest absolute Gasteiger partial charge is 0.289 e. The zero-order chi connectivity index (χ0) is 15.4. The molecule has 0 aliphatic heterocycles. The summed E-state index contributed by atoms with van der Waals surface area (Å²) in [6.45, 7) is 0.682. The van der Waals surface area contributed by atoms with Crippen molar-refractivity contribution in [1.82, 2.24) is 4.57 Å². The molecule has 5 heteroatoms. The van der Waals surface area contributed by atoms with Crippen molar-refractivity contribution in [3.05, 3.63) is 86.6 Å². The molecule has 3 aromatic rings.